The number of nitrogens with one attached hydrogen (secondary N) is 1. The summed E-state index contributed by atoms with van der Waals surface area (Å²) in [5, 5.41) is 2.82. The summed E-state index contributed by atoms with van der Waals surface area (Å²) in [6, 6.07) is 11.9. The SMILES string of the molecule is COc1ccc(S(=O)(=O)N(C)CC(=O)N[C@H](C)c2ccc(C)cc2)cc1OC. The Morgan fingerprint density at radius 2 is 1.68 bits per heavy atom. The van der Waals surface area contributed by atoms with E-state index < -0.39 is 10.0 Å². The molecule has 7 nitrogen and oxygen atoms in total. The Labute approximate surface area is 166 Å². The van der Waals surface area contributed by atoms with Gasteiger partial charge in [-0.3, -0.25) is 4.79 Å². The van der Waals surface area contributed by atoms with Crippen LogP contribution in [0.25, 0.3) is 0 Å². The number of rotatable bonds is 8. The molecular weight excluding hydrogens is 380 g/mol. The third kappa shape index (κ3) is 5.02. The van der Waals surface area contributed by atoms with Crippen molar-refractivity contribution < 1.29 is 22.7 Å². The lowest BCUT2D eigenvalue weighted by Crippen LogP contribution is -2.39. The summed E-state index contributed by atoms with van der Waals surface area (Å²) in [5.74, 6) is 0.336. The van der Waals surface area contributed by atoms with Crippen molar-refractivity contribution in [1.82, 2.24) is 9.62 Å². The van der Waals surface area contributed by atoms with Crippen molar-refractivity contribution in [1.29, 1.82) is 0 Å². The van der Waals surface area contributed by atoms with Gasteiger partial charge in [-0.05, 0) is 31.5 Å². The average Bonchev–Trinajstić information content (AvgIpc) is 2.67. The molecule has 2 aromatic rings. The van der Waals surface area contributed by atoms with Crippen LogP contribution in [-0.4, -0.2) is 46.4 Å². The van der Waals surface area contributed by atoms with E-state index in [1.807, 2.05) is 38.1 Å². The van der Waals surface area contributed by atoms with Crippen molar-refractivity contribution in [2.75, 3.05) is 27.8 Å². The summed E-state index contributed by atoms with van der Waals surface area (Å²) < 4.78 is 36.8. The molecule has 0 spiro atoms. The van der Waals surface area contributed by atoms with Crippen LogP contribution >= 0.6 is 0 Å². The summed E-state index contributed by atoms with van der Waals surface area (Å²) in [5.41, 5.74) is 2.08. The molecule has 0 radical (unpaired) electrons. The van der Waals surface area contributed by atoms with Crippen molar-refractivity contribution in [3.05, 3.63) is 53.6 Å². The molecule has 1 amide bonds. The minimum atomic E-state index is -3.86. The number of benzene rings is 2. The van der Waals surface area contributed by atoms with Gasteiger partial charge in [-0.25, -0.2) is 8.42 Å². The van der Waals surface area contributed by atoms with Crippen LogP contribution < -0.4 is 14.8 Å². The second kappa shape index (κ2) is 9.07. The number of aryl methyl sites for hydroxylation is 1. The number of likely N-dealkylation sites (N-methyl/N-ethyl adjacent to an activating group) is 1. The van der Waals surface area contributed by atoms with E-state index in [0.29, 0.717) is 11.5 Å². The zero-order chi connectivity index (χ0) is 20.9. The quantitative estimate of drug-likeness (QED) is 0.728. The number of hydrogen-bond acceptors (Lipinski definition) is 5. The first-order valence-electron chi connectivity index (χ1n) is 8.73. The third-order valence-electron chi connectivity index (χ3n) is 4.38. The monoisotopic (exact) mass is 406 g/mol. The molecule has 0 aliphatic rings. The topological polar surface area (TPSA) is 84.9 Å². The van der Waals surface area contributed by atoms with Gasteiger partial charge in [0.25, 0.3) is 0 Å². The molecule has 0 aliphatic carbocycles. The minimum Gasteiger partial charge on any atom is -0.493 e. The van der Waals surface area contributed by atoms with Gasteiger partial charge in [-0.2, -0.15) is 4.31 Å². The largest absolute Gasteiger partial charge is 0.493 e. The predicted octanol–water partition coefficient (Wildman–Crippen LogP) is 2.51. The van der Waals surface area contributed by atoms with E-state index >= 15 is 0 Å². The molecule has 0 unspecified atom stereocenters. The number of carbonyl (C=O) groups excluding carboxylic acids is 1. The highest BCUT2D eigenvalue weighted by Crippen LogP contribution is 2.30. The summed E-state index contributed by atoms with van der Waals surface area (Å²) in [7, 11) is 0.401. The Hall–Kier alpha value is -2.58. The fraction of sp³-hybridized carbons (Fsp3) is 0.350. The maximum atomic E-state index is 12.8. The van der Waals surface area contributed by atoms with Crippen molar-refractivity contribution in [2.24, 2.45) is 0 Å². The molecule has 152 valence electrons. The van der Waals surface area contributed by atoms with Crippen LogP contribution in [0.1, 0.15) is 24.1 Å². The van der Waals surface area contributed by atoms with E-state index in [1.54, 1.807) is 0 Å². The van der Waals surface area contributed by atoms with Gasteiger partial charge < -0.3 is 14.8 Å². The first-order chi connectivity index (χ1) is 13.2. The molecular formula is C20H26N2O5S. The fourth-order valence-corrected chi connectivity index (χ4v) is 3.81. The molecule has 2 rings (SSSR count). The van der Waals surface area contributed by atoms with Crippen LogP contribution in [0.15, 0.2) is 47.4 Å². The van der Waals surface area contributed by atoms with Crippen LogP contribution in [-0.2, 0) is 14.8 Å². The number of carbonyl (C=O) groups is 1. The van der Waals surface area contributed by atoms with Gasteiger partial charge in [-0.1, -0.05) is 29.8 Å². The van der Waals surface area contributed by atoms with E-state index in [9.17, 15) is 13.2 Å². The Bertz CT molecular complexity index is 926. The molecule has 0 saturated heterocycles. The lowest BCUT2D eigenvalue weighted by Gasteiger charge is -2.20. The van der Waals surface area contributed by atoms with E-state index in [4.69, 9.17) is 9.47 Å². The number of nitrogens with zero attached hydrogens (tertiary/aromatic N) is 1. The lowest BCUT2D eigenvalue weighted by atomic mass is 10.1. The highest BCUT2D eigenvalue weighted by atomic mass is 32.2. The Morgan fingerprint density at radius 1 is 1.07 bits per heavy atom. The number of ether oxygens (including phenoxy) is 2. The standard InChI is InChI=1S/C20H26N2O5S/c1-14-6-8-16(9-7-14)15(2)21-20(23)13-22(3)28(24,25)17-10-11-18(26-4)19(12-17)27-5/h6-12,15H,13H2,1-5H3,(H,21,23)/t15-/m1/s1. The normalized spacial score (nSPS) is 12.5. The number of hydrogen-bond donors (Lipinski definition) is 1. The molecule has 1 atom stereocenters. The van der Waals surface area contributed by atoms with Gasteiger partial charge in [-0.15, -0.1) is 0 Å². The molecule has 0 aromatic heterocycles. The second-order valence-corrected chi connectivity index (χ2v) is 8.52. The summed E-state index contributed by atoms with van der Waals surface area (Å²) in [6.45, 7) is 3.54. The molecule has 0 aliphatic heterocycles. The van der Waals surface area contributed by atoms with Crippen LogP contribution in [0.5, 0.6) is 11.5 Å². The van der Waals surface area contributed by atoms with Gasteiger partial charge in [0.15, 0.2) is 11.5 Å². The van der Waals surface area contributed by atoms with Crippen LogP contribution in [0.3, 0.4) is 0 Å². The van der Waals surface area contributed by atoms with Crippen molar-refractivity contribution in [2.45, 2.75) is 24.8 Å². The van der Waals surface area contributed by atoms with Crippen molar-refractivity contribution in [3.63, 3.8) is 0 Å². The molecule has 28 heavy (non-hydrogen) atoms. The van der Waals surface area contributed by atoms with Gasteiger partial charge >= 0.3 is 0 Å². The van der Waals surface area contributed by atoms with Crippen molar-refractivity contribution >= 4 is 15.9 Å². The highest BCUT2D eigenvalue weighted by Gasteiger charge is 2.25. The van der Waals surface area contributed by atoms with Crippen molar-refractivity contribution in [3.8, 4) is 11.5 Å². The minimum absolute atomic E-state index is 0.0204. The third-order valence-corrected chi connectivity index (χ3v) is 6.18. The second-order valence-electron chi connectivity index (χ2n) is 6.48. The van der Waals surface area contributed by atoms with Gasteiger partial charge in [0, 0.05) is 13.1 Å². The Balaban J connectivity index is 2.08. The highest BCUT2D eigenvalue weighted by molar-refractivity contribution is 7.89. The molecule has 2 aromatic carbocycles. The molecule has 8 heteroatoms. The molecule has 0 fully saturated rings. The maximum absolute atomic E-state index is 12.8. The zero-order valence-corrected chi connectivity index (χ0v) is 17.5. The molecule has 0 heterocycles. The average molecular weight is 407 g/mol. The summed E-state index contributed by atoms with van der Waals surface area (Å²) >= 11 is 0. The number of methoxy groups -OCH3 is 2. The first-order valence-corrected chi connectivity index (χ1v) is 10.2. The summed E-state index contributed by atoms with van der Waals surface area (Å²) in [6.07, 6.45) is 0. The van der Waals surface area contributed by atoms with Gasteiger partial charge in [0.2, 0.25) is 15.9 Å². The van der Waals surface area contributed by atoms with Crippen LogP contribution in [0.2, 0.25) is 0 Å². The Kier molecular flexibility index (Phi) is 7.04. The first kappa shape index (κ1) is 21.7. The zero-order valence-electron chi connectivity index (χ0n) is 16.7. The van der Waals surface area contributed by atoms with Crippen LogP contribution in [0, 0.1) is 6.92 Å². The lowest BCUT2D eigenvalue weighted by molar-refractivity contribution is -0.121. The van der Waals surface area contributed by atoms with E-state index in [1.165, 1.54) is 39.5 Å². The smallest absolute Gasteiger partial charge is 0.243 e. The molecule has 1 N–H and O–H groups in total. The summed E-state index contributed by atoms with van der Waals surface area (Å²) in [4.78, 5) is 12.4. The van der Waals surface area contributed by atoms with Crippen LogP contribution in [0.4, 0.5) is 0 Å². The fourth-order valence-electron chi connectivity index (χ4n) is 2.67. The molecule has 0 saturated carbocycles. The van der Waals surface area contributed by atoms with E-state index in [2.05, 4.69) is 5.32 Å². The van der Waals surface area contributed by atoms with Gasteiger partial charge in [0.05, 0.1) is 31.7 Å². The van der Waals surface area contributed by atoms with Gasteiger partial charge in [0.1, 0.15) is 0 Å². The maximum Gasteiger partial charge on any atom is 0.243 e. The number of amides is 1. The predicted molar refractivity (Wildman–Crippen MR) is 107 cm³/mol. The number of sulfonamides is 1. The van der Waals surface area contributed by atoms with E-state index in [-0.39, 0.29) is 23.4 Å². The molecule has 0 bridgehead atoms. The van der Waals surface area contributed by atoms with E-state index in [0.717, 1.165) is 15.4 Å². The Morgan fingerprint density at radius 3 is 2.25 bits per heavy atom.